The van der Waals surface area contributed by atoms with Gasteiger partial charge in [0.1, 0.15) is 0 Å². The highest BCUT2D eigenvalue weighted by atomic mass is 16.1. The summed E-state index contributed by atoms with van der Waals surface area (Å²) in [5.74, 6) is 0.394. The van der Waals surface area contributed by atoms with Gasteiger partial charge in [-0.25, -0.2) is 0 Å². The SMILES string of the molecule is CC(C)c1cn2ccc(=O)[nH]c2nc1=O. The maximum atomic E-state index is 11.5. The zero-order valence-corrected chi connectivity index (χ0v) is 8.52. The fourth-order valence-corrected chi connectivity index (χ4v) is 1.39. The Morgan fingerprint density at radius 2 is 2.13 bits per heavy atom. The molecule has 1 N–H and O–H groups in total. The summed E-state index contributed by atoms with van der Waals surface area (Å²) in [7, 11) is 0. The lowest BCUT2D eigenvalue weighted by Gasteiger charge is -2.05. The Morgan fingerprint density at radius 1 is 1.40 bits per heavy atom. The van der Waals surface area contributed by atoms with Crippen LogP contribution in [0.4, 0.5) is 0 Å². The largest absolute Gasteiger partial charge is 0.294 e. The minimum atomic E-state index is -0.285. The van der Waals surface area contributed by atoms with Crippen LogP contribution in [0.5, 0.6) is 0 Å². The summed E-state index contributed by atoms with van der Waals surface area (Å²) >= 11 is 0. The van der Waals surface area contributed by atoms with Gasteiger partial charge in [-0.3, -0.25) is 19.0 Å². The number of nitrogens with one attached hydrogen (secondary N) is 1. The van der Waals surface area contributed by atoms with E-state index in [-0.39, 0.29) is 22.8 Å². The lowest BCUT2D eigenvalue weighted by Crippen LogP contribution is -2.19. The summed E-state index contributed by atoms with van der Waals surface area (Å²) in [6.45, 7) is 3.85. The molecule has 0 fully saturated rings. The van der Waals surface area contributed by atoms with Gasteiger partial charge in [0.25, 0.3) is 11.1 Å². The highest BCUT2D eigenvalue weighted by Gasteiger charge is 2.07. The van der Waals surface area contributed by atoms with Crippen LogP contribution in [-0.4, -0.2) is 14.4 Å². The smallest absolute Gasteiger partial charge is 0.277 e. The Hall–Kier alpha value is -1.91. The van der Waals surface area contributed by atoms with Crippen LogP contribution in [0.1, 0.15) is 25.3 Å². The first-order chi connectivity index (χ1) is 7.08. The Bertz CT molecular complexity index is 610. The minimum Gasteiger partial charge on any atom is -0.294 e. The molecule has 0 aliphatic carbocycles. The Balaban J connectivity index is 2.82. The molecule has 2 aromatic heterocycles. The number of fused-ring (bicyclic) bond motifs is 1. The van der Waals surface area contributed by atoms with Crippen LogP contribution in [0.25, 0.3) is 5.78 Å². The highest BCUT2D eigenvalue weighted by Crippen LogP contribution is 2.07. The Kier molecular flexibility index (Phi) is 2.15. The van der Waals surface area contributed by atoms with Gasteiger partial charge in [-0.2, -0.15) is 4.98 Å². The van der Waals surface area contributed by atoms with Crippen molar-refractivity contribution in [2.24, 2.45) is 0 Å². The molecule has 2 aromatic rings. The first-order valence-corrected chi connectivity index (χ1v) is 4.70. The number of aromatic nitrogens is 3. The number of hydrogen-bond donors (Lipinski definition) is 1. The van der Waals surface area contributed by atoms with Gasteiger partial charge in [0.2, 0.25) is 5.78 Å². The van der Waals surface area contributed by atoms with Gasteiger partial charge < -0.3 is 0 Å². The van der Waals surface area contributed by atoms with Crippen LogP contribution in [-0.2, 0) is 0 Å². The van der Waals surface area contributed by atoms with Gasteiger partial charge in [0.15, 0.2) is 0 Å². The van der Waals surface area contributed by atoms with Crippen molar-refractivity contribution in [1.82, 2.24) is 14.4 Å². The Labute approximate surface area is 85.4 Å². The summed E-state index contributed by atoms with van der Waals surface area (Å²) < 4.78 is 1.64. The van der Waals surface area contributed by atoms with E-state index in [1.54, 1.807) is 16.8 Å². The molecule has 0 spiro atoms. The number of rotatable bonds is 1. The van der Waals surface area contributed by atoms with E-state index in [4.69, 9.17) is 0 Å². The van der Waals surface area contributed by atoms with Crippen LogP contribution >= 0.6 is 0 Å². The maximum Gasteiger partial charge on any atom is 0.277 e. The lowest BCUT2D eigenvalue weighted by molar-refractivity contribution is 0.820. The third-order valence-electron chi connectivity index (χ3n) is 2.22. The van der Waals surface area contributed by atoms with Crippen LogP contribution in [0, 0.1) is 0 Å². The summed E-state index contributed by atoms with van der Waals surface area (Å²) in [6, 6.07) is 1.39. The van der Waals surface area contributed by atoms with Gasteiger partial charge in [-0.1, -0.05) is 13.8 Å². The zero-order chi connectivity index (χ0) is 11.0. The van der Waals surface area contributed by atoms with Gasteiger partial charge in [0.05, 0.1) is 0 Å². The van der Waals surface area contributed by atoms with Crippen molar-refractivity contribution < 1.29 is 0 Å². The fraction of sp³-hybridized carbons (Fsp3) is 0.300. The molecule has 0 atom stereocenters. The first-order valence-electron chi connectivity index (χ1n) is 4.70. The van der Waals surface area contributed by atoms with Crippen LogP contribution < -0.4 is 11.1 Å². The van der Waals surface area contributed by atoms with E-state index >= 15 is 0 Å². The second-order valence-electron chi connectivity index (χ2n) is 3.69. The van der Waals surface area contributed by atoms with Crippen LogP contribution in [0.2, 0.25) is 0 Å². The molecule has 15 heavy (non-hydrogen) atoms. The average Bonchev–Trinajstić information content (AvgIpc) is 2.15. The first kappa shape index (κ1) is 9.64. The number of aromatic amines is 1. The van der Waals surface area contributed by atoms with E-state index < -0.39 is 0 Å². The van der Waals surface area contributed by atoms with Crippen LogP contribution in [0.15, 0.2) is 28.0 Å². The predicted molar refractivity (Wildman–Crippen MR) is 56.2 cm³/mol. The van der Waals surface area contributed by atoms with Crippen molar-refractivity contribution in [3.8, 4) is 0 Å². The minimum absolute atomic E-state index is 0.119. The van der Waals surface area contributed by atoms with E-state index in [1.807, 2.05) is 13.8 Å². The standard InChI is InChI=1S/C10H11N3O2/c1-6(2)7-5-13-4-3-8(14)11-10(13)12-9(7)15/h3-6H,1-2H3,(H,11,12,14,15). The number of nitrogens with zero attached hydrogens (tertiary/aromatic N) is 2. The molecule has 0 bridgehead atoms. The second-order valence-corrected chi connectivity index (χ2v) is 3.69. The monoisotopic (exact) mass is 205 g/mol. The predicted octanol–water partition coefficient (Wildman–Crippen LogP) is 0.506. The molecule has 0 aromatic carbocycles. The highest BCUT2D eigenvalue weighted by molar-refractivity contribution is 5.28. The van der Waals surface area contributed by atoms with Gasteiger partial charge >= 0.3 is 0 Å². The number of H-pyrrole nitrogens is 1. The fourth-order valence-electron chi connectivity index (χ4n) is 1.39. The molecule has 0 radical (unpaired) electrons. The van der Waals surface area contributed by atoms with Crippen molar-refractivity contribution in [1.29, 1.82) is 0 Å². The average molecular weight is 205 g/mol. The molecule has 5 heteroatoms. The lowest BCUT2D eigenvalue weighted by atomic mass is 10.1. The van der Waals surface area contributed by atoms with E-state index in [2.05, 4.69) is 9.97 Å². The summed E-state index contributed by atoms with van der Waals surface area (Å²) in [5.41, 5.74) is 0.0885. The van der Waals surface area contributed by atoms with E-state index in [0.29, 0.717) is 5.56 Å². The molecule has 0 aliphatic heterocycles. The van der Waals surface area contributed by atoms with Gasteiger partial charge in [0, 0.05) is 24.0 Å². The summed E-state index contributed by atoms with van der Waals surface area (Å²) in [6.07, 6.45) is 3.29. The van der Waals surface area contributed by atoms with E-state index in [1.165, 1.54) is 6.07 Å². The molecule has 0 unspecified atom stereocenters. The van der Waals surface area contributed by atoms with E-state index in [0.717, 1.165) is 0 Å². The van der Waals surface area contributed by atoms with Gasteiger partial charge in [-0.15, -0.1) is 0 Å². The van der Waals surface area contributed by atoms with Crippen molar-refractivity contribution in [3.63, 3.8) is 0 Å². The van der Waals surface area contributed by atoms with Crippen LogP contribution in [0.3, 0.4) is 0 Å². The molecule has 0 amide bonds. The second kappa shape index (κ2) is 3.34. The molecule has 2 heterocycles. The van der Waals surface area contributed by atoms with Crippen molar-refractivity contribution in [2.75, 3.05) is 0 Å². The van der Waals surface area contributed by atoms with Crippen molar-refractivity contribution >= 4 is 5.78 Å². The molecular formula is C10H11N3O2. The summed E-state index contributed by atoms with van der Waals surface area (Å²) in [5, 5.41) is 0. The quantitative estimate of drug-likeness (QED) is 0.737. The molecule has 5 nitrogen and oxygen atoms in total. The third-order valence-corrected chi connectivity index (χ3v) is 2.22. The topological polar surface area (TPSA) is 67.2 Å². The van der Waals surface area contributed by atoms with Crippen molar-refractivity contribution in [3.05, 3.63) is 44.7 Å². The number of hydrogen-bond acceptors (Lipinski definition) is 3. The van der Waals surface area contributed by atoms with E-state index in [9.17, 15) is 9.59 Å². The maximum absolute atomic E-state index is 11.5. The third kappa shape index (κ3) is 1.68. The zero-order valence-electron chi connectivity index (χ0n) is 8.52. The molecule has 0 aliphatic rings. The molecule has 78 valence electrons. The molecule has 2 rings (SSSR count). The molecule has 0 saturated carbocycles. The van der Waals surface area contributed by atoms with Crippen molar-refractivity contribution in [2.45, 2.75) is 19.8 Å². The normalized spacial score (nSPS) is 11.1. The Morgan fingerprint density at radius 3 is 2.80 bits per heavy atom. The molecule has 0 saturated heterocycles. The summed E-state index contributed by atoms with van der Waals surface area (Å²) in [4.78, 5) is 28.8. The van der Waals surface area contributed by atoms with Gasteiger partial charge in [-0.05, 0) is 5.92 Å². The molecular weight excluding hydrogens is 194 g/mol.